The van der Waals surface area contributed by atoms with Crippen molar-refractivity contribution in [2.45, 2.75) is 33.1 Å². The van der Waals surface area contributed by atoms with E-state index in [-0.39, 0.29) is 11.8 Å². The first-order chi connectivity index (χ1) is 7.11. The highest BCUT2D eigenvalue weighted by Crippen LogP contribution is 2.10. The van der Waals surface area contributed by atoms with Crippen molar-refractivity contribution < 1.29 is 4.79 Å². The van der Waals surface area contributed by atoms with Crippen LogP contribution in [-0.2, 0) is 4.79 Å². The number of terminal acetylenes is 1. The molecule has 86 valence electrons. The third-order valence-corrected chi connectivity index (χ3v) is 2.21. The number of unbranched alkanes of at least 4 members (excludes halogenated alkanes) is 1. The number of nitrogens with two attached hydrogens (primary N) is 1. The highest BCUT2D eigenvalue weighted by molar-refractivity contribution is 5.78. The van der Waals surface area contributed by atoms with E-state index in [1.54, 1.807) is 0 Å². The molecule has 0 saturated carbocycles. The van der Waals surface area contributed by atoms with Gasteiger partial charge in [-0.3, -0.25) is 4.79 Å². The summed E-state index contributed by atoms with van der Waals surface area (Å²) in [6.07, 6.45) is 7.50. The zero-order valence-electron chi connectivity index (χ0n) is 9.75. The lowest BCUT2D eigenvalue weighted by molar-refractivity contribution is -0.125. The zero-order chi connectivity index (χ0) is 11.7. The van der Waals surface area contributed by atoms with Gasteiger partial charge in [-0.15, -0.1) is 12.3 Å². The number of carbonyl (C=O) groups is 1. The molecule has 0 aromatic heterocycles. The van der Waals surface area contributed by atoms with Gasteiger partial charge in [0.25, 0.3) is 0 Å². The van der Waals surface area contributed by atoms with Gasteiger partial charge in [0, 0.05) is 19.5 Å². The van der Waals surface area contributed by atoms with E-state index >= 15 is 0 Å². The molecule has 1 atom stereocenters. The molecule has 0 aliphatic heterocycles. The average molecular weight is 210 g/mol. The van der Waals surface area contributed by atoms with Gasteiger partial charge in [0.1, 0.15) is 0 Å². The van der Waals surface area contributed by atoms with Gasteiger partial charge in [0.2, 0.25) is 5.91 Å². The maximum absolute atomic E-state index is 11.6. The van der Waals surface area contributed by atoms with Crippen molar-refractivity contribution in [1.82, 2.24) is 5.32 Å². The van der Waals surface area contributed by atoms with E-state index in [0.717, 1.165) is 12.8 Å². The highest BCUT2D eigenvalue weighted by Gasteiger charge is 2.17. The lowest BCUT2D eigenvalue weighted by atomic mass is 9.96. The van der Waals surface area contributed by atoms with E-state index in [1.165, 1.54) is 0 Å². The Kier molecular flexibility index (Phi) is 7.75. The summed E-state index contributed by atoms with van der Waals surface area (Å²) in [5.41, 5.74) is 5.56. The summed E-state index contributed by atoms with van der Waals surface area (Å²) in [6, 6.07) is 0. The first-order valence-corrected chi connectivity index (χ1v) is 5.53. The van der Waals surface area contributed by atoms with Crippen LogP contribution < -0.4 is 11.1 Å². The Hall–Kier alpha value is -1.01. The summed E-state index contributed by atoms with van der Waals surface area (Å²) in [5, 5.41) is 2.86. The maximum atomic E-state index is 11.6. The predicted octanol–water partition coefficient (Wildman–Crippen LogP) is 1.14. The van der Waals surface area contributed by atoms with Gasteiger partial charge in [-0.2, -0.15) is 0 Å². The Balaban J connectivity index is 3.79. The number of hydrogen-bond donors (Lipinski definition) is 2. The summed E-state index contributed by atoms with van der Waals surface area (Å²) in [6.45, 7) is 5.25. The lowest BCUT2D eigenvalue weighted by Gasteiger charge is -2.16. The highest BCUT2D eigenvalue weighted by atomic mass is 16.1. The molecular formula is C12H22N2O. The molecule has 0 aliphatic carbocycles. The Morgan fingerprint density at radius 1 is 1.53 bits per heavy atom. The summed E-state index contributed by atoms with van der Waals surface area (Å²) in [4.78, 5) is 11.6. The van der Waals surface area contributed by atoms with Crippen LogP contribution in [0.3, 0.4) is 0 Å². The summed E-state index contributed by atoms with van der Waals surface area (Å²) in [5.74, 6) is 3.04. The van der Waals surface area contributed by atoms with E-state index in [1.807, 2.05) is 0 Å². The van der Waals surface area contributed by atoms with Crippen LogP contribution in [0, 0.1) is 24.2 Å². The van der Waals surface area contributed by atoms with Crippen molar-refractivity contribution in [3.63, 3.8) is 0 Å². The minimum Gasteiger partial charge on any atom is -0.356 e. The number of amides is 1. The molecule has 0 rings (SSSR count). The smallest absolute Gasteiger partial charge is 0.224 e. The summed E-state index contributed by atoms with van der Waals surface area (Å²) >= 11 is 0. The van der Waals surface area contributed by atoms with Crippen LogP contribution in [0.4, 0.5) is 0 Å². The minimum absolute atomic E-state index is 0.0585. The lowest BCUT2D eigenvalue weighted by Crippen LogP contribution is -2.36. The van der Waals surface area contributed by atoms with Crippen molar-refractivity contribution in [3.05, 3.63) is 0 Å². The Morgan fingerprint density at radius 3 is 2.67 bits per heavy atom. The molecule has 0 aromatic rings. The van der Waals surface area contributed by atoms with Crippen LogP contribution in [0.25, 0.3) is 0 Å². The van der Waals surface area contributed by atoms with Crippen LogP contribution in [0.2, 0.25) is 0 Å². The van der Waals surface area contributed by atoms with Gasteiger partial charge in [-0.05, 0) is 18.8 Å². The normalized spacial score (nSPS) is 12.2. The Bertz CT molecular complexity index is 218. The molecule has 0 heterocycles. The van der Waals surface area contributed by atoms with Crippen molar-refractivity contribution in [3.8, 4) is 12.3 Å². The standard InChI is InChI=1S/C12H22N2O/c1-4-5-6-7-14-12(15)11(9-13)8-10(2)3/h1,10-11H,5-9,13H2,2-3H3,(H,14,15). The molecule has 3 heteroatoms. The molecule has 3 N–H and O–H groups in total. The Labute approximate surface area is 92.8 Å². The van der Waals surface area contributed by atoms with Crippen LogP contribution in [0.1, 0.15) is 33.1 Å². The first-order valence-electron chi connectivity index (χ1n) is 5.53. The van der Waals surface area contributed by atoms with E-state index < -0.39 is 0 Å². The molecule has 0 spiro atoms. The summed E-state index contributed by atoms with van der Waals surface area (Å²) < 4.78 is 0. The SMILES string of the molecule is C#CCCCNC(=O)C(CN)CC(C)C. The minimum atomic E-state index is -0.0594. The summed E-state index contributed by atoms with van der Waals surface area (Å²) in [7, 11) is 0. The van der Waals surface area contributed by atoms with Crippen molar-refractivity contribution in [2.75, 3.05) is 13.1 Å². The molecule has 0 saturated heterocycles. The molecule has 0 aliphatic rings. The van der Waals surface area contributed by atoms with Crippen molar-refractivity contribution in [2.24, 2.45) is 17.6 Å². The fourth-order valence-corrected chi connectivity index (χ4v) is 1.43. The van der Waals surface area contributed by atoms with Gasteiger partial charge >= 0.3 is 0 Å². The second-order valence-corrected chi connectivity index (χ2v) is 4.16. The van der Waals surface area contributed by atoms with E-state index in [9.17, 15) is 4.79 Å². The fourth-order valence-electron chi connectivity index (χ4n) is 1.43. The van der Waals surface area contributed by atoms with Gasteiger partial charge < -0.3 is 11.1 Å². The molecule has 0 aromatic carbocycles. The largest absolute Gasteiger partial charge is 0.356 e. The zero-order valence-corrected chi connectivity index (χ0v) is 9.75. The van der Waals surface area contributed by atoms with E-state index in [2.05, 4.69) is 25.1 Å². The monoisotopic (exact) mass is 210 g/mol. The second kappa shape index (κ2) is 8.31. The molecule has 1 unspecified atom stereocenters. The van der Waals surface area contributed by atoms with Crippen LogP contribution in [0.15, 0.2) is 0 Å². The predicted molar refractivity (Wildman–Crippen MR) is 63.1 cm³/mol. The molecule has 3 nitrogen and oxygen atoms in total. The molecule has 15 heavy (non-hydrogen) atoms. The quantitative estimate of drug-likeness (QED) is 0.489. The third kappa shape index (κ3) is 6.98. The van der Waals surface area contributed by atoms with Crippen molar-refractivity contribution in [1.29, 1.82) is 0 Å². The first kappa shape index (κ1) is 14.0. The average Bonchev–Trinajstić information content (AvgIpc) is 2.20. The van der Waals surface area contributed by atoms with Gasteiger partial charge in [0.15, 0.2) is 0 Å². The number of rotatable bonds is 7. The van der Waals surface area contributed by atoms with Gasteiger partial charge in [-0.1, -0.05) is 13.8 Å². The third-order valence-electron chi connectivity index (χ3n) is 2.21. The molecule has 0 radical (unpaired) electrons. The van der Waals surface area contributed by atoms with Crippen molar-refractivity contribution >= 4 is 5.91 Å². The van der Waals surface area contributed by atoms with Gasteiger partial charge in [0.05, 0.1) is 5.92 Å². The van der Waals surface area contributed by atoms with Crippen LogP contribution >= 0.6 is 0 Å². The Morgan fingerprint density at radius 2 is 2.20 bits per heavy atom. The number of carbonyl (C=O) groups excluding carboxylic acids is 1. The van der Waals surface area contributed by atoms with Crippen LogP contribution in [-0.4, -0.2) is 19.0 Å². The molecule has 0 fully saturated rings. The van der Waals surface area contributed by atoms with E-state index in [0.29, 0.717) is 25.4 Å². The second-order valence-electron chi connectivity index (χ2n) is 4.16. The number of hydrogen-bond acceptors (Lipinski definition) is 2. The van der Waals surface area contributed by atoms with Gasteiger partial charge in [-0.25, -0.2) is 0 Å². The topological polar surface area (TPSA) is 55.1 Å². The number of nitrogens with one attached hydrogen (secondary N) is 1. The molecule has 0 bridgehead atoms. The maximum Gasteiger partial charge on any atom is 0.224 e. The van der Waals surface area contributed by atoms with Crippen LogP contribution in [0.5, 0.6) is 0 Å². The molecule has 1 amide bonds. The van der Waals surface area contributed by atoms with E-state index in [4.69, 9.17) is 12.2 Å². The molecular weight excluding hydrogens is 188 g/mol. The fraction of sp³-hybridized carbons (Fsp3) is 0.750.